The van der Waals surface area contributed by atoms with Gasteiger partial charge in [0.1, 0.15) is 11.9 Å². The second-order valence-corrected chi connectivity index (χ2v) is 10.6. The van der Waals surface area contributed by atoms with Crippen LogP contribution in [0.5, 0.6) is 5.75 Å². The minimum atomic E-state index is -0.913. The van der Waals surface area contributed by atoms with Crippen LogP contribution in [-0.2, 0) is 19.1 Å². The first-order chi connectivity index (χ1) is 18.2. The molecule has 1 fully saturated rings. The number of allylic oxidation sites excluding steroid dienone is 2. The van der Waals surface area contributed by atoms with E-state index in [1.165, 1.54) is 6.92 Å². The number of hydrogen-bond donors (Lipinski definition) is 2. The first-order valence-electron chi connectivity index (χ1n) is 13.6. The van der Waals surface area contributed by atoms with Crippen LogP contribution in [0.15, 0.2) is 48.1 Å². The molecule has 0 spiro atoms. The molecule has 1 aromatic carbocycles. The lowest BCUT2D eigenvalue weighted by atomic mass is 9.66. The smallest absolute Gasteiger partial charge is 0.347 e. The Kier molecular flexibility index (Phi) is 9.05. The number of aliphatic hydroxyl groups excluding tert-OH is 2. The third-order valence-electron chi connectivity index (χ3n) is 8.05. The predicted molar refractivity (Wildman–Crippen MR) is 139 cm³/mol. The van der Waals surface area contributed by atoms with Crippen molar-refractivity contribution in [2.24, 2.45) is 23.7 Å². The third kappa shape index (κ3) is 6.18. The molecule has 1 heterocycles. The summed E-state index contributed by atoms with van der Waals surface area (Å²) in [6, 6.07) is 6.80. The Balaban J connectivity index is 1.51. The minimum Gasteiger partial charge on any atom is -0.478 e. The van der Waals surface area contributed by atoms with Gasteiger partial charge in [-0.1, -0.05) is 44.2 Å². The highest BCUT2D eigenvalue weighted by molar-refractivity contribution is 5.96. The second kappa shape index (κ2) is 12.3. The summed E-state index contributed by atoms with van der Waals surface area (Å²) in [5.41, 5.74) is 1.30. The fraction of sp³-hybridized carbons (Fsp3) is 0.567. The van der Waals surface area contributed by atoms with Crippen molar-refractivity contribution in [1.29, 1.82) is 0 Å². The van der Waals surface area contributed by atoms with Gasteiger partial charge in [0.05, 0.1) is 30.3 Å². The number of carbonyl (C=O) groups excluding carboxylic acids is 3. The van der Waals surface area contributed by atoms with E-state index in [9.17, 15) is 24.6 Å². The highest BCUT2D eigenvalue weighted by Crippen LogP contribution is 2.44. The Labute approximate surface area is 223 Å². The molecule has 8 atom stereocenters. The quantitative estimate of drug-likeness (QED) is 0.369. The number of aliphatic hydroxyl groups is 2. The zero-order chi connectivity index (χ0) is 27.4. The van der Waals surface area contributed by atoms with Crippen molar-refractivity contribution in [1.82, 2.24) is 0 Å². The Morgan fingerprint density at radius 2 is 1.95 bits per heavy atom. The fourth-order valence-corrected chi connectivity index (χ4v) is 5.95. The molecule has 3 aliphatic rings. The summed E-state index contributed by atoms with van der Waals surface area (Å²) < 4.78 is 17.2. The standard InChI is InChI=1S/C30H38O8/c1-4-25(37-26-8-6-5-7-22(26)18(3)31)30(35)38-27-16-20(32)15-19-10-9-17(2)21(28(19)27)11-12-23-24(33)13-14-36-29(23)34/h5-10,15,17,20-21,23-25,27-28,32-33H,4,11-14,16H2,1-3H3/t17-,20+,21-,23?,24?,25?,27-,28-/m0/s1. The molecule has 2 aliphatic carbocycles. The average molecular weight is 527 g/mol. The molecule has 0 saturated carbocycles. The van der Waals surface area contributed by atoms with E-state index in [0.717, 1.165) is 5.57 Å². The summed E-state index contributed by atoms with van der Waals surface area (Å²) in [7, 11) is 0. The lowest BCUT2D eigenvalue weighted by Gasteiger charge is -2.43. The van der Waals surface area contributed by atoms with Crippen molar-refractivity contribution in [3.8, 4) is 5.75 Å². The van der Waals surface area contributed by atoms with Gasteiger partial charge in [-0.2, -0.15) is 0 Å². The molecular formula is C30H38O8. The number of carbonyl (C=O) groups is 3. The molecule has 3 unspecified atom stereocenters. The van der Waals surface area contributed by atoms with E-state index in [1.807, 2.05) is 19.1 Å². The summed E-state index contributed by atoms with van der Waals surface area (Å²) in [4.78, 5) is 37.6. The molecule has 1 aromatic rings. The molecule has 1 saturated heterocycles. The molecule has 8 heteroatoms. The number of ketones is 1. The van der Waals surface area contributed by atoms with Crippen LogP contribution in [0.2, 0.25) is 0 Å². The Morgan fingerprint density at radius 3 is 2.66 bits per heavy atom. The van der Waals surface area contributed by atoms with Crippen molar-refractivity contribution < 1.29 is 38.8 Å². The molecule has 4 rings (SSSR count). The van der Waals surface area contributed by atoms with Gasteiger partial charge in [-0.25, -0.2) is 4.79 Å². The first kappa shape index (κ1) is 28.0. The summed E-state index contributed by atoms with van der Waals surface area (Å²) in [6.45, 7) is 5.59. The van der Waals surface area contributed by atoms with Crippen LogP contribution in [0.4, 0.5) is 0 Å². The molecule has 0 bridgehead atoms. The number of esters is 2. The van der Waals surface area contributed by atoms with Crippen LogP contribution in [0, 0.1) is 23.7 Å². The number of cyclic esters (lactones) is 1. The summed E-state index contributed by atoms with van der Waals surface area (Å²) in [5.74, 6) is -1.29. The lowest BCUT2D eigenvalue weighted by Crippen LogP contribution is -2.45. The van der Waals surface area contributed by atoms with Gasteiger partial charge in [-0.3, -0.25) is 9.59 Å². The van der Waals surface area contributed by atoms with Gasteiger partial charge in [0.2, 0.25) is 0 Å². The van der Waals surface area contributed by atoms with Gasteiger partial charge < -0.3 is 24.4 Å². The van der Waals surface area contributed by atoms with Crippen LogP contribution < -0.4 is 4.74 Å². The van der Waals surface area contributed by atoms with Crippen LogP contribution in [0.1, 0.15) is 63.2 Å². The van der Waals surface area contributed by atoms with Gasteiger partial charge in [0.25, 0.3) is 0 Å². The molecular weight excluding hydrogens is 488 g/mol. The zero-order valence-corrected chi connectivity index (χ0v) is 22.2. The number of rotatable bonds is 9. The molecule has 8 nitrogen and oxygen atoms in total. The van der Waals surface area contributed by atoms with Crippen molar-refractivity contribution in [2.45, 2.75) is 77.3 Å². The zero-order valence-electron chi connectivity index (χ0n) is 22.2. The van der Waals surface area contributed by atoms with Crippen LogP contribution >= 0.6 is 0 Å². The molecule has 2 N–H and O–H groups in total. The van der Waals surface area contributed by atoms with E-state index < -0.39 is 36.3 Å². The number of hydrogen-bond acceptors (Lipinski definition) is 8. The van der Waals surface area contributed by atoms with Gasteiger partial charge in [0, 0.05) is 18.8 Å². The number of ether oxygens (including phenoxy) is 3. The monoisotopic (exact) mass is 526 g/mol. The number of benzene rings is 1. The molecule has 38 heavy (non-hydrogen) atoms. The average Bonchev–Trinajstić information content (AvgIpc) is 2.88. The van der Waals surface area contributed by atoms with Gasteiger partial charge in [-0.15, -0.1) is 0 Å². The SMILES string of the molecule is CCC(Oc1ccccc1C(C)=O)C(=O)O[C@H]1C[C@H](O)C=C2C=C[C@H](C)[C@H](CCC3C(=O)OCCC3O)[C@H]21. The highest BCUT2D eigenvalue weighted by atomic mass is 16.6. The van der Waals surface area contributed by atoms with Crippen molar-refractivity contribution in [3.05, 3.63) is 53.6 Å². The van der Waals surface area contributed by atoms with E-state index in [1.54, 1.807) is 24.3 Å². The molecule has 206 valence electrons. The van der Waals surface area contributed by atoms with E-state index in [2.05, 4.69) is 13.0 Å². The maximum absolute atomic E-state index is 13.3. The lowest BCUT2D eigenvalue weighted by molar-refractivity contribution is -0.163. The fourth-order valence-electron chi connectivity index (χ4n) is 5.95. The highest BCUT2D eigenvalue weighted by Gasteiger charge is 2.43. The normalized spacial score (nSPS) is 31.4. The van der Waals surface area contributed by atoms with Crippen LogP contribution in [0.3, 0.4) is 0 Å². The van der Waals surface area contributed by atoms with E-state index >= 15 is 0 Å². The number of Topliss-reactive ketones (excluding diaryl/α,β-unsaturated/α-hetero) is 1. The predicted octanol–water partition coefficient (Wildman–Crippen LogP) is 3.79. The van der Waals surface area contributed by atoms with Gasteiger partial charge >= 0.3 is 11.9 Å². The van der Waals surface area contributed by atoms with Gasteiger partial charge in [0.15, 0.2) is 11.9 Å². The largest absolute Gasteiger partial charge is 0.478 e. The first-order valence-corrected chi connectivity index (χ1v) is 13.6. The van der Waals surface area contributed by atoms with E-state index in [-0.39, 0.29) is 42.5 Å². The van der Waals surface area contributed by atoms with Crippen molar-refractivity contribution in [2.75, 3.05) is 6.61 Å². The summed E-state index contributed by atoms with van der Waals surface area (Å²) in [6.07, 6.45) is 5.03. The topological polar surface area (TPSA) is 119 Å². The minimum absolute atomic E-state index is 0.0397. The Bertz CT molecular complexity index is 1090. The summed E-state index contributed by atoms with van der Waals surface area (Å²) in [5, 5.41) is 20.9. The van der Waals surface area contributed by atoms with E-state index in [0.29, 0.717) is 37.0 Å². The number of para-hydroxylation sites is 1. The second-order valence-electron chi connectivity index (χ2n) is 10.6. The van der Waals surface area contributed by atoms with Crippen molar-refractivity contribution >= 4 is 17.7 Å². The van der Waals surface area contributed by atoms with Gasteiger partial charge in [-0.05, 0) is 55.7 Å². The maximum Gasteiger partial charge on any atom is 0.347 e. The number of fused-ring (bicyclic) bond motifs is 1. The summed E-state index contributed by atoms with van der Waals surface area (Å²) >= 11 is 0. The Hall–Kier alpha value is -2.97. The van der Waals surface area contributed by atoms with Crippen LogP contribution in [-0.4, -0.2) is 59.0 Å². The molecule has 0 amide bonds. The molecule has 0 radical (unpaired) electrons. The maximum atomic E-state index is 13.3. The van der Waals surface area contributed by atoms with E-state index in [4.69, 9.17) is 14.2 Å². The Morgan fingerprint density at radius 1 is 1.18 bits per heavy atom. The third-order valence-corrected chi connectivity index (χ3v) is 8.05. The van der Waals surface area contributed by atoms with Crippen LogP contribution in [0.25, 0.3) is 0 Å². The molecule has 1 aliphatic heterocycles. The van der Waals surface area contributed by atoms with Crippen molar-refractivity contribution in [3.63, 3.8) is 0 Å². The molecule has 0 aromatic heterocycles.